The summed E-state index contributed by atoms with van der Waals surface area (Å²) < 4.78 is 5.41. The molecule has 0 atom stereocenters. The molecule has 0 radical (unpaired) electrons. The highest BCUT2D eigenvalue weighted by molar-refractivity contribution is 6.22. The van der Waals surface area contributed by atoms with Crippen LogP contribution in [0.2, 0.25) is 0 Å². The number of carbonyl (C=O) groups is 3. The van der Waals surface area contributed by atoms with Crippen LogP contribution in [0.1, 0.15) is 31.1 Å². The molecular formula is C23H18N2O4. The second-order valence-electron chi connectivity index (χ2n) is 6.50. The van der Waals surface area contributed by atoms with E-state index < -0.39 is 11.8 Å². The first-order chi connectivity index (χ1) is 14.1. The van der Waals surface area contributed by atoms with E-state index in [1.165, 1.54) is 12.0 Å². The van der Waals surface area contributed by atoms with E-state index in [1.807, 2.05) is 6.07 Å². The molecule has 6 nitrogen and oxygen atoms in total. The zero-order valence-electron chi connectivity index (χ0n) is 15.7. The highest BCUT2D eigenvalue weighted by Crippen LogP contribution is 2.31. The Morgan fingerprint density at radius 2 is 1.38 bits per heavy atom. The number of fused-ring (bicyclic) bond motifs is 1. The van der Waals surface area contributed by atoms with Crippen molar-refractivity contribution < 1.29 is 19.1 Å². The van der Waals surface area contributed by atoms with Crippen LogP contribution in [-0.4, -0.2) is 36.4 Å². The average Bonchev–Trinajstić information content (AvgIpc) is 3.02. The molecule has 0 aromatic heterocycles. The molecule has 0 bridgehead atoms. The number of benzene rings is 3. The molecule has 0 saturated heterocycles. The van der Waals surface area contributed by atoms with Crippen molar-refractivity contribution in [1.82, 2.24) is 4.90 Å². The smallest absolute Gasteiger partial charge is 0.263 e. The number of rotatable bonds is 5. The van der Waals surface area contributed by atoms with Crippen LogP contribution in [0.25, 0.3) is 0 Å². The zero-order valence-corrected chi connectivity index (χ0v) is 15.7. The minimum absolute atomic E-state index is 0.222. The Hall–Kier alpha value is -3.93. The zero-order chi connectivity index (χ0) is 20.4. The van der Waals surface area contributed by atoms with Crippen LogP contribution in [0.3, 0.4) is 0 Å². The standard InChI is InChI=1S/C23H18N2O4/c1-29-20-14-8-7-13-19(20)24(21(26)16-9-3-2-4-10-16)15-25-22(27)17-11-5-6-12-18(17)23(25)28/h2-14H,15H2,1H3. The van der Waals surface area contributed by atoms with E-state index in [-0.39, 0.29) is 12.6 Å². The summed E-state index contributed by atoms with van der Waals surface area (Å²) in [6.45, 7) is -0.222. The van der Waals surface area contributed by atoms with Gasteiger partial charge in [-0.05, 0) is 36.4 Å². The van der Waals surface area contributed by atoms with Crippen molar-refractivity contribution in [3.05, 3.63) is 95.6 Å². The molecule has 144 valence electrons. The Balaban J connectivity index is 1.75. The third kappa shape index (κ3) is 3.25. The van der Waals surface area contributed by atoms with Gasteiger partial charge >= 0.3 is 0 Å². The number of amides is 3. The van der Waals surface area contributed by atoms with Gasteiger partial charge < -0.3 is 4.74 Å². The van der Waals surface area contributed by atoms with Crippen molar-refractivity contribution in [2.75, 3.05) is 18.7 Å². The highest BCUT2D eigenvalue weighted by Gasteiger charge is 2.37. The number of methoxy groups -OCH3 is 1. The summed E-state index contributed by atoms with van der Waals surface area (Å²) in [6, 6.07) is 22.4. The fraction of sp³-hybridized carbons (Fsp3) is 0.0870. The quantitative estimate of drug-likeness (QED) is 0.629. The maximum absolute atomic E-state index is 13.3. The maximum Gasteiger partial charge on any atom is 0.263 e. The summed E-state index contributed by atoms with van der Waals surface area (Å²) in [7, 11) is 1.51. The Labute approximate surface area is 167 Å². The summed E-state index contributed by atoms with van der Waals surface area (Å²) in [5, 5.41) is 0. The molecule has 0 aliphatic carbocycles. The maximum atomic E-state index is 13.3. The van der Waals surface area contributed by atoms with E-state index in [0.717, 1.165) is 4.90 Å². The monoisotopic (exact) mass is 386 g/mol. The van der Waals surface area contributed by atoms with E-state index in [9.17, 15) is 14.4 Å². The van der Waals surface area contributed by atoms with Crippen LogP contribution in [0.4, 0.5) is 5.69 Å². The summed E-state index contributed by atoms with van der Waals surface area (Å²) in [4.78, 5) is 41.4. The van der Waals surface area contributed by atoms with Gasteiger partial charge in [0.2, 0.25) is 0 Å². The molecule has 3 aromatic carbocycles. The van der Waals surface area contributed by atoms with Crippen molar-refractivity contribution in [2.45, 2.75) is 0 Å². The van der Waals surface area contributed by atoms with E-state index in [4.69, 9.17) is 4.74 Å². The van der Waals surface area contributed by atoms with Gasteiger partial charge in [-0.2, -0.15) is 0 Å². The van der Waals surface area contributed by atoms with Gasteiger partial charge in [0.05, 0.1) is 23.9 Å². The lowest BCUT2D eigenvalue weighted by Crippen LogP contribution is -2.44. The number of imide groups is 1. The van der Waals surface area contributed by atoms with Crippen LogP contribution < -0.4 is 9.64 Å². The van der Waals surface area contributed by atoms with Crippen LogP contribution in [0.15, 0.2) is 78.9 Å². The number of anilines is 1. The Morgan fingerprint density at radius 3 is 2.00 bits per heavy atom. The van der Waals surface area contributed by atoms with E-state index >= 15 is 0 Å². The van der Waals surface area contributed by atoms with Crippen molar-refractivity contribution in [1.29, 1.82) is 0 Å². The minimum Gasteiger partial charge on any atom is -0.495 e. The number of ether oxygens (including phenoxy) is 1. The molecule has 3 amide bonds. The number of hydrogen-bond acceptors (Lipinski definition) is 4. The van der Waals surface area contributed by atoms with E-state index in [1.54, 1.807) is 72.8 Å². The van der Waals surface area contributed by atoms with Gasteiger partial charge in [0.15, 0.2) is 0 Å². The number of para-hydroxylation sites is 2. The van der Waals surface area contributed by atoms with E-state index in [0.29, 0.717) is 28.1 Å². The third-order valence-corrected chi connectivity index (χ3v) is 4.80. The van der Waals surface area contributed by atoms with Crippen molar-refractivity contribution in [3.8, 4) is 5.75 Å². The predicted octanol–water partition coefficient (Wildman–Crippen LogP) is 3.60. The first-order valence-electron chi connectivity index (χ1n) is 9.07. The molecule has 0 unspecified atom stereocenters. The van der Waals surface area contributed by atoms with Crippen LogP contribution in [0.5, 0.6) is 5.75 Å². The summed E-state index contributed by atoms with van der Waals surface area (Å²) in [5.41, 5.74) is 1.59. The SMILES string of the molecule is COc1ccccc1N(CN1C(=O)c2ccccc2C1=O)C(=O)c1ccccc1. The summed E-state index contributed by atoms with van der Waals surface area (Å²) in [5.74, 6) is -0.724. The first-order valence-corrected chi connectivity index (χ1v) is 9.07. The highest BCUT2D eigenvalue weighted by atomic mass is 16.5. The van der Waals surface area contributed by atoms with Gasteiger partial charge in [-0.1, -0.05) is 42.5 Å². The van der Waals surface area contributed by atoms with Crippen LogP contribution in [-0.2, 0) is 0 Å². The largest absolute Gasteiger partial charge is 0.495 e. The normalized spacial score (nSPS) is 12.7. The van der Waals surface area contributed by atoms with E-state index in [2.05, 4.69) is 0 Å². The first kappa shape index (κ1) is 18.4. The molecule has 3 aromatic rings. The summed E-state index contributed by atoms with van der Waals surface area (Å²) >= 11 is 0. The summed E-state index contributed by atoms with van der Waals surface area (Å²) in [6.07, 6.45) is 0. The van der Waals surface area contributed by atoms with Crippen LogP contribution in [0, 0.1) is 0 Å². The Morgan fingerprint density at radius 1 is 0.828 bits per heavy atom. The molecule has 29 heavy (non-hydrogen) atoms. The topological polar surface area (TPSA) is 66.9 Å². The molecule has 4 rings (SSSR count). The van der Waals surface area contributed by atoms with Gasteiger partial charge in [0.1, 0.15) is 12.4 Å². The third-order valence-electron chi connectivity index (χ3n) is 4.80. The number of hydrogen-bond donors (Lipinski definition) is 0. The average molecular weight is 386 g/mol. The van der Waals surface area contributed by atoms with Gasteiger partial charge in [-0.25, -0.2) is 0 Å². The minimum atomic E-state index is -0.425. The van der Waals surface area contributed by atoms with Crippen LogP contribution >= 0.6 is 0 Å². The fourth-order valence-corrected chi connectivity index (χ4v) is 3.35. The molecule has 1 aliphatic rings. The molecule has 1 heterocycles. The number of nitrogens with zero attached hydrogens (tertiary/aromatic N) is 2. The van der Waals surface area contributed by atoms with Gasteiger partial charge in [-0.15, -0.1) is 0 Å². The van der Waals surface area contributed by atoms with Gasteiger partial charge in [0.25, 0.3) is 17.7 Å². The van der Waals surface area contributed by atoms with Gasteiger partial charge in [-0.3, -0.25) is 24.2 Å². The predicted molar refractivity (Wildman–Crippen MR) is 108 cm³/mol. The molecule has 6 heteroatoms. The lowest BCUT2D eigenvalue weighted by Gasteiger charge is -2.28. The van der Waals surface area contributed by atoms with Crippen molar-refractivity contribution in [3.63, 3.8) is 0 Å². The molecule has 0 fully saturated rings. The second kappa shape index (κ2) is 7.59. The molecule has 0 N–H and O–H groups in total. The fourth-order valence-electron chi connectivity index (χ4n) is 3.35. The number of carbonyl (C=O) groups excluding carboxylic acids is 3. The van der Waals surface area contributed by atoms with Crippen molar-refractivity contribution in [2.24, 2.45) is 0 Å². The second-order valence-corrected chi connectivity index (χ2v) is 6.50. The molecule has 1 aliphatic heterocycles. The lowest BCUT2D eigenvalue weighted by molar-refractivity contribution is 0.0650. The molecular weight excluding hydrogens is 368 g/mol. The Bertz CT molecular complexity index is 1060. The van der Waals surface area contributed by atoms with Crippen molar-refractivity contribution >= 4 is 23.4 Å². The lowest BCUT2D eigenvalue weighted by atomic mass is 10.1. The molecule has 0 saturated carbocycles. The van der Waals surface area contributed by atoms with Gasteiger partial charge in [0, 0.05) is 5.56 Å². The molecule has 0 spiro atoms. The Kier molecular flexibility index (Phi) is 4.83.